The number of carboxylic acid groups (broad SMARTS) is 1. The molecular formula is C14H20ClNO4. The van der Waals surface area contributed by atoms with E-state index in [-0.39, 0.29) is 12.5 Å². The number of hydrogen-bond acceptors (Lipinski definition) is 4. The van der Waals surface area contributed by atoms with Crippen LogP contribution in [0.1, 0.15) is 38.3 Å². The van der Waals surface area contributed by atoms with Crippen LogP contribution in [0.25, 0.3) is 0 Å². The molecule has 0 amide bonds. The monoisotopic (exact) mass is 301 g/mol. The van der Waals surface area contributed by atoms with Gasteiger partial charge in [0.15, 0.2) is 11.5 Å². The van der Waals surface area contributed by atoms with Gasteiger partial charge >= 0.3 is 5.97 Å². The number of benzene rings is 1. The molecule has 1 atom stereocenters. The van der Waals surface area contributed by atoms with Crippen LogP contribution in [-0.2, 0) is 4.79 Å². The van der Waals surface area contributed by atoms with Gasteiger partial charge in [0, 0.05) is 23.6 Å². The molecule has 20 heavy (non-hydrogen) atoms. The van der Waals surface area contributed by atoms with E-state index in [1.165, 1.54) is 7.11 Å². The third kappa shape index (κ3) is 4.58. The Bertz CT molecular complexity index is 476. The lowest BCUT2D eigenvalue weighted by Gasteiger charge is -2.18. The highest BCUT2D eigenvalue weighted by molar-refractivity contribution is 6.31. The van der Waals surface area contributed by atoms with Crippen LogP contribution in [0.3, 0.4) is 0 Å². The molecule has 0 aromatic heterocycles. The van der Waals surface area contributed by atoms with Crippen molar-refractivity contribution < 1.29 is 19.4 Å². The first-order valence-corrected chi connectivity index (χ1v) is 6.74. The Balaban J connectivity index is 3.03. The quantitative estimate of drug-likeness (QED) is 0.809. The molecule has 6 heteroatoms. The van der Waals surface area contributed by atoms with E-state index < -0.39 is 12.0 Å². The summed E-state index contributed by atoms with van der Waals surface area (Å²) in [6.45, 7) is 3.80. The normalized spacial score (nSPS) is 12.3. The molecule has 0 bridgehead atoms. The minimum atomic E-state index is -0.885. The standard InChI is InChI=1S/C14H20ClNO4/c1-8(2)20-13-6-9(10(15)7-12(13)19-3)11(16)4-5-14(17)18/h6-8,11H,4-5,16H2,1-3H3,(H,17,18). The summed E-state index contributed by atoms with van der Waals surface area (Å²) in [5.74, 6) is 0.189. The van der Waals surface area contributed by atoms with Crippen LogP contribution in [0.15, 0.2) is 12.1 Å². The molecule has 112 valence electrons. The van der Waals surface area contributed by atoms with E-state index in [1.54, 1.807) is 12.1 Å². The van der Waals surface area contributed by atoms with Crippen molar-refractivity contribution in [2.24, 2.45) is 5.73 Å². The van der Waals surface area contributed by atoms with Crippen LogP contribution in [0.4, 0.5) is 0 Å². The minimum absolute atomic E-state index is 0.0100. The average Bonchev–Trinajstić information content (AvgIpc) is 2.36. The smallest absolute Gasteiger partial charge is 0.303 e. The Morgan fingerprint density at radius 1 is 1.40 bits per heavy atom. The number of halogens is 1. The Kier molecular flexibility index (Phi) is 6.10. The number of nitrogens with two attached hydrogens (primary N) is 1. The van der Waals surface area contributed by atoms with Crippen molar-refractivity contribution in [3.63, 3.8) is 0 Å². The van der Waals surface area contributed by atoms with Gasteiger partial charge in [0.25, 0.3) is 0 Å². The molecule has 0 aliphatic rings. The number of carbonyl (C=O) groups is 1. The molecule has 1 unspecified atom stereocenters. The fraction of sp³-hybridized carbons (Fsp3) is 0.500. The van der Waals surface area contributed by atoms with Crippen LogP contribution in [0.2, 0.25) is 5.02 Å². The van der Waals surface area contributed by atoms with Gasteiger partial charge in [0.2, 0.25) is 0 Å². The van der Waals surface area contributed by atoms with Gasteiger partial charge in [-0.05, 0) is 31.9 Å². The molecular weight excluding hydrogens is 282 g/mol. The minimum Gasteiger partial charge on any atom is -0.493 e. The molecule has 1 aromatic carbocycles. The van der Waals surface area contributed by atoms with Crippen molar-refractivity contribution in [1.29, 1.82) is 0 Å². The van der Waals surface area contributed by atoms with Crippen LogP contribution < -0.4 is 15.2 Å². The predicted octanol–water partition coefficient (Wildman–Crippen LogP) is 3.00. The lowest BCUT2D eigenvalue weighted by Crippen LogP contribution is -2.14. The summed E-state index contributed by atoms with van der Waals surface area (Å²) in [5, 5.41) is 9.14. The molecule has 5 nitrogen and oxygen atoms in total. The van der Waals surface area contributed by atoms with Crippen LogP contribution in [-0.4, -0.2) is 24.3 Å². The summed E-state index contributed by atoms with van der Waals surface area (Å²) in [4.78, 5) is 10.6. The summed E-state index contributed by atoms with van der Waals surface area (Å²) in [6.07, 6.45) is 0.278. The summed E-state index contributed by atoms with van der Waals surface area (Å²) < 4.78 is 10.9. The average molecular weight is 302 g/mol. The number of carboxylic acids is 1. The number of rotatable bonds is 7. The largest absolute Gasteiger partial charge is 0.493 e. The summed E-state index contributed by atoms with van der Waals surface area (Å²) >= 11 is 6.16. The van der Waals surface area contributed by atoms with Crippen molar-refractivity contribution in [1.82, 2.24) is 0 Å². The summed E-state index contributed by atoms with van der Waals surface area (Å²) in [6, 6.07) is 2.89. The van der Waals surface area contributed by atoms with Gasteiger partial charge in [0.05, 0.1) is 13.2 Å². The molecule has 0 radical (unpaired) electrons. The van der Waals surface area contributed by atoms with Gasteiger partial charge in [-0.25, -0.2) is 0 Å². The topological polar surface area (TPSA) is 81.8 Å². The number of methoxy groups -OCH3 is 1. The highest BCUT2D eigenvalue weighted by Crippen LogP contribution is 2.36. The van der Waals surface area contributed by atoms with Gasteiger partial charge in [-0.3, -0.25) is 4.79 Å². The lowest BCUT2D eigenvalue weighted by molar-refractivity contribution is -0.137. The zero-order valence-corrected chi connectivity index (χ0v) is 12.6. The molecule has 0 saturated heterocycles. The van der Waals surface area contributed by atoms with Gasteiger partial charge in [0.1, 0.15) is 0 Å². The maximum absolute atomic E-state index is 10.6. The van der Waals surface area contributed by atoms with Gasteiger partial charge in [-0.15, -0.1) is 0 Å². The second-order valence-corrected chi connectivity index (χ2v) is 5.14. The molecule has 0 spiro atoms. The molecule has 0 saturated carbocycles. The van der Waals surface area contributed by atoms with Crippen molar-refractivity contribution in [2.45, 2.75) is 38.8 Å². The predicted molar refractivity (Wildman–Crippen MR) is 77.6 cm³/mol. The Morgan fingerprint density at radius 3 is 2.55 bits per heavy atom. The van der Waals surface area contributed by atoms with E-state index >= 15 is 0 Å². The highest BCUT2D eigenvalue weighted by Gasteiger charge is 2.17. The van der Waals surface area contributed by atoms with E-state index in [0.29, 0.717) is 28.5 Å². The molecule has 0 heterocycles. The molecule has 1 aromatic rings. The van der Waals surface area contributed by atoms with Crippen molar-refractivity contribution >= 4 is 17.6 Å². The number of hydrogen-bond donors (Lipinski definition) is 2. The Morgan fingerprint density at radius 2 is 2.05 bits per heavy atom. The van der Waals surface area contributed by atoms with E-state index in [9.17, 15) is 4.79 Å². The highest BCUT2D eigenvalue weighted by atomic mass is 35.5. The van der Waals surface area contributed by atoms with E-state index in [4.69, 9.17) is 31.9 Å². The van der Waals surface area contributed by atoms with E-state index in [1.807, 2.05) is 13.8 Å². The molecule has 0 aliphatic carbocycles. The van der Waals surface area contributed by atoms with E-state index in [2.05, 4.69) is 0 Å². The van der Waals surface area contributed by atoms with Gasteiger partial charge in [-0.1, -0.05) is 11.6 Å². The number of aliphatic carboxylic acids is 1. The molecule has 0 aliphatic heterocycles. The Labute approximate surface area is 123 Å². The Hall–Kier alpha value is -1.46. The second kappa shape index (κ2) is 7.36. The second-order valence-electron chi connectivity index (χ2n) is 4.73. The van der Waals surface area contributed by atoms with Crippen LogP contribution in [0.5, 0.6) is 11.5 Å². The maximum Gasteiger partial charge on any atom is 0.303 e. The zero-order valence-electron chi connectivity index (χ0n) is 11.9. The third-order valence-electron chi connectivity index (χ3n) is 2.71. The van der Waals surface area contributed by atoms with Crippen molar-refractivity contribution in [3.05, 3.63) is 22.7 Å². The van der Waals surface area contributed by atoms with Crippen molar-refractivity contribution in [3.8, 4) is 11.5 Å². The fourth-order valence-corrected chi connectivity index (χ4v) is 2.07. The molecule has 1 rings (SSSR count). The van der Waals surface area contributed by atoms with Crippen LogP contribution >= 0.6 is 11.6 Å². The first kappa shape index (κ1) is 16.6. The third-order valence-corrected chi connectivity index (χ3v) is 3.04. The van der Waals surface area contributed by atoms with Gasteiger partial charge < -0.3 is 20.3 Å². The molecule has 3 N–H and O–H groups in total. The molecule has 0 fully saturated rings. The van der Waals surface area contributed by atoms with Crippen molar-refractivity contribution in [2.75, 3.05) is 7.11 Å². The first-order valence-electron chi connectivity index (χ1n) is 6.36. The lowest BCUT2D eigenvalue weighted by atomic mass is 10.0. The maximum atomic E-state index is 10.6. The fourth-order valence-electron chi connectivity index (χ4n) is 1.78. The summed E-state index contributed by atoms with van der Waals surface area (Å²) in [7, 11) is 1.53. The first-order chi connectivity index (χ1) is 9.35. The van der Waals surface area contributed by atoms with Crippen LogP contribution in [0, 0.1) is 0 Å². The van der Waals surface area contributed by atoms with Gasteiger partial charge in [-0.2, -0.15) is 0 Å². The van der Waals surface area contributed by atoms with E-state index in [0.717, 1.165) is 0 Å². The summed E-state index contributed by atoms with van der Waals surface area (Å²) in [5.41, 5.74) is 6.65. The SMILES string of the molecule is COc1cc(Cl)c(C(N)CCC(=O)O)cc1OC(C)C. The number of ether oxygens (including phenoxy) is 2. The zero-order chi connectivity index (χ0) is 15.3.